The number of nitrogens with two attached hydrogens (primary N) is 1. The lowest BCUT2D eigenvalue weighted by Crippen LogP contribution is -2.29. The lowest BCUT2D eigenvalue weighted by molar-refractivity contribution is 0.0197. The van der Waals surface area contributed by atoms with Crippen molar-refractivity contribution in [2.24, 2.45) is 0 Å². The van der Waals surface area contributed by atoms with Gasteiger partial charge in [0.15, 0.2) is 0 Å². The molecule has 1 unspecified atom stereocenters. The van der Waals surface area contributed by atoms with E-state index in [1.807, 2.05) is 18.2 Å². The topological polar surface area (TPSA) is 38.5 Å². The number of ether oxygens (including phenoxy) is 1. The van der Waals surface area contributed by atoms with Gasteiger partial charge in [-0.1, -0.05) is 36.4 Å². The van der Waals surface area contributed by atoms with Gasteiger partial charge in [-0.25, -0.2) is 0 Å². The van der Waals surface area contributed by atoms with Crippen molar-refractivity contribution in [3.05, 3.63) is 65.2 Å². The van der Waals surface area contributed by atoms with Crippen molar-refractivity contribution < 1.29 is 4.74 Å². The summed E-state index contributed by atoms with van der Waals surface area (Å²) < 4.78 is 5.97. The van der Waals surface area contributed by atoms with Crippen molar-refractivity contribution in [2.75, 3.05) is 25.9 Å². The Labute approximate surface area is 126 Å². The van der Waals surface area contributed by atoms with Crippen LogP contribution < -0.4 is 5.73 Å². The van der Waals surface area contributed by atoms with Gasteiger partial charge in [0.1, 0.15) is 0 Å². The van der Waals surface area contributed by atoms with E-state index in [1.54, 1.807) is 0 Å². The fourth-order valence-electron chi connectivity index (χ4n) is 2.98. The van der Waals surface area contributed by atoms with E-state index < -0.39 is 0 Å². The second-order valence-corrected chi connectivity index (χ2v) is 5.75. The van der Waals surface area contributed by atoms with Crippen LogP contribution in [0.2, 0.25) is 0 Å². The zero-order valence-electron chi connectivity index (χ0n) is 12.5. The first-order valence-corrected chi connectivity index (χ1v) is 7.45. The van der Waals surface area contributed by atoms with Gasteiger partial charge in [0, 0.05) is 18.8 Å². The molecule has 21 heavy (non-hydrogen) atoms. The molecule has 110 valence electrons. The Kier molecular flexibility index (Phi) is 4.23. The average Bonchev–Trinajstić information content (AvgIpc) is 2.47. The third kappa shape index (κ3) is 3.43. The number of nitrogens with zero attached hydrogens (tertiary/aromatic N) is 1. The largest absolute Gasteiger partial charge is 0.399 e. The molecule has 0 aromatic heterocycles. The molecule has 0 radical (unpaired) electrons. The molecule has 2 aromatic carbocycles. The molecule has 0 saturated carbocycles. The van der Waals surface area contributed by atoms with Crippen LogP contribution in [0, 0.1) is 0 Å². The molecule has 0 amide bonds. The Bertz CT molecular complexity index is 612. The maximum atomic E-state index is 5.97. The van der Waals surface area contributed by atoms with Crippen molar-refractivity contribution in [3.63, 3.8) is 0 Å². The predicted molar refractivity (Wildman–Crippen MR) is 86.0 cm³/mol. The minimum absolute atomic E-state index is 0.168. The molecule has 3 nitrogen and oxygen atoms in total. The van der Waals surface area contributed by atoms with Gasteiger partial charge in [-0.05, 0) is 42.3 Å². The van der Waals surface area contributed by atoms with Gasteiger partial charge in [-0.15, -0.1) is 0 Å². The Morgan fingerprint density at radius 3 is 2.90 bits per heavy atom. The van der Waals surface area contributed by atoms with Gasteiger partial charge in [-0.3, -0.25) is 4.90 Å². The summed E-state index contributed by atoms with van der Waals surface area (Å²) in [5, 5.41) is 0. The summed E-state index contributed by atoms with van der Waals surface area (Å²) in [7, 11) is 2.13. The Hall–Kier alpha value is -1.84. The molecule has 0 saturated heterocycles. The summed E-state index contributed by atoms with van der Waals surface area (Å²) >= 11 is 0. The minimum atomic E-state index is 0.168. The first-order valence-electron chi connectivity index (χ1n) is 7.45. The first-order chi connectivity index (χ1) is 10.2. The monoisotopic (exact) mass is 282 g/mol. The Morgan fingerprint density at radius 1 is 1.19 bits per heavy atom. The van der Waals surface area contributed by atoms with Crippen molar-refractivity contribution >= 4 is 5.69 Å². The number of likely N-dealkylation sites (N-methyl/N-ethyl adjacent to an activating group) is 1. The quantitative estimate of drug-likeness (QED) is 0.876. The molecule has 0 bridgehead atoms. The minimum Gasteiger partial charge on any atom is -0.399 e. The maximum Gasteiger partial charge on any atom is 0.0954 e. The van der Waals surface area contributed by atoms with E-state index in [0.29, 0.717) is 0 Å². The molecule has 2 aromatic rings. The lowest BCUT2D eigenvalue weighted by atomic mass is 9.97. The van der Waals surface area contributed by atoms with Crippen LogP contribution in [0.15, 0.2) is 48.5 Å². The zero-order valence-corrected chi connectivity index (χ0v) is 12.5. The summed E-state index contributed by atoms with van der Waals surface area (Å²) in [6, 6.07) is 16.7. The van der Waals surface area contributed by atoms with E-state index >= 15 is 0 Å². The van der Waals surface area contributed by atoms with Crippen molar-refractivity contribution in [1.82, 2.24) is 4.90 Å². The molecule has 0 fully saturated rings. The highest BCUT2D eigenvalue weighted by Gasteiger charge is 2.21. The number of anilines is 1. The Balaban J connectivity index is 1.67. The number of benzene rings is 2. The normalized spacial score (nSPS) is 17.7. The van der Waals surface area contributed by atoms with Gasteiger partial charge in [-0.2, -0.15) is 0 Å². The smallest absolute Gasteiger partial charge is 0.0954 e. The fraction of sp³-hybridized carbons (Fsp3) is 0.333. The third-order valence-corrected chi connectivity index (χ3v) is 3.97. The molecule has 1 aliphatic heterocycles. The molecular formula is C18H22N2O. The number of fused-ring (bicyclic) bond motifs is 1. The maximum absolute atomic E-state index is 5.97. The van der Waals surface area contributed by atoms with Crippen LogP contribution in [0.3, 0.4) is 0 Å². The molecule has 3 heteroatoms. The van der Waals surface area contributed by atoms with Crippen LogP contribution >= 0.6 is 0 Å². The third-order valence-electron chi connectivity index (χ3n) is 3.97. The molecule has 1 heterocycles. The van der Waals surface area contributed by atoms with Crippen LogP contribution in [0.1, 0.15) is 22.8 Å². The molecule has 1 aliphatic rings. The molecule has 0 spiro atoms. The van der Waals surface area contributed by atoms with E-state index in [4.69, 9.17) is 10.5 Å². The second kappa shape index (κ2) is 6.29. The number of hydrogen-bond donors (Lipinski definition) is 1. The van der Waals surface area contributed by atoms with E-state index in [-0.39, 0.29) is 6.10 Å². The number of hydrogen-bond acceptors (Lipinski definition) is 3. The highest BCUT2D eigenvalue weighted by molar-refractivity contribution is 5.40. The van der Waals surface area contributed by atoms with Crippen molar-refractivity contribution in [3.8, 4) is 0 Å². The molecule has 0 aliphatic carbocycles. The standard InChI is InChI=1S/C18H22N2O/c1-20(12-14-5-4-7-16(19)11-14)13-18-17-8-3-2-6-15(17)9-10-21-18/h2-8,11,18H,9-10,12-13,19H2,1H3. The predicted octanol–water partition coefficient (Wildman–Crippen LogP) is 3.01. The van der Waals surface area contributed by atoms with Crippen molar-refractivity contribution in [1.29, 1.82) is 0 Å². The molecule has 1 atom stereocenters. The fourth-order valence-corrected chi connectivity index (χ4v) is 2.98. The van der Waals surface area contributed by atoms with Crippen molar-refractivity contribution in [2.45, 2.75) is 19.1 Å². The molecule has 3 rings (SSSR count). The van der Waals surface area contributed by atoms with Crippen LogP contribution in [0.5, 0.6) is 0 Å². The average molecular weight is 282 g/mol. The van der Waals surface area contributed by atoms with Crippen LogP contribution in [-0.2, 0) is 17.7 Å². The van der Waals surface area contributed by atoms with Crippen LogP contribution in [0.25, 0.3) is 0 Å². The van der Waals surface area contributed by atoms with Crippen LogP contribution in [0.4, 0.5) is 5.69 Å². The zero-order chi connectivity index (χ0) is 14.7. The van der Waals surface area contributed by atoms with Crippen LogP contribution in [-0.4, -0.2) is 25.1 Å². The molecular weight excluding hydrogens is 260 g/mol. The highest BCUT2D eigenvalue weighted by atomic mass is 16.5. The van der Waals surface area contributed by atoms with E-state index in [9.17, 15) is 0 Å². The van der Waals surface area contributed by atoms with E-state index in [1.165, 1.54) is 16.7 Å². The van der Waals surface area contributed by atoms with Gasteiger partial charge in [0.25, 0.3) is 0 Å². The van der Waals surface area contributed by atoms with Gasteiger partial charge < -0.3 is 10.5 Å². The summed E-state index contributed by atoms with van der Waals surface area (Å²) in [5.74, 6) is 0. The first kappa shape index (κ1) is 14.1. The number of rotatable bonds is 4. The lowest BCUT2D eigenvalue weighted by Gasteiger charge is -2.29. The Morgan fingerprint density at radius 2 is 2.05 bits per heavy atom. The second-order valence-electron chi connectivity index (χ2n) is 5.75. The number of nitrogen functional groups attached to an aromatic ring is 1. The van der Waals surface area contributed by atoms with Gasteiger partial charge in [0.05, 0.1) is 12.7 Å². The van der Waals surface area contributed by atoms with Gasteiger partial charge >= 0.3 is 0 Å². The molecule has 2 N–H and O–H groups in total. The van der Waals surface area contributed by atoms with Gasteiger partial charge in [0.2, 0.25) is 0 Å². The summed E-state index contributed by atoms with van der Waals surface area (Å²) in [6.07, 6.45) is 1.19. The highest BCUT2D eigenvalue weighted by Crippen LogP contribution is 2.27. The SMILES string of the molecule is CN(Cc1cccc(N)c1)CC1OCCc2ccccc21. The van der Waals surface area contributed by atoms with E-state index in [0.717, 1.165) is 31.8 Å². The summed E-state index contributed by atoms with van der Waals surface area (Å²) in [5.41, 5.74) is 10.7. The summed E-state index contributed by atoms with van der Waals surface area (Å²) in [6.45, 7) is 2.59. The summed E-state index contributed by atoms with van der Waals surface area (Å²) in [4.78, 5) is 2.29. The van der Waals surface area contributed by atoms with E-state index in [2.05, 4.69) is 42.3 Å².